The van der Waals surface area contributed by atoms with E-state index in [0.29, 0.717) is 13.0 Å². The van der Waals surface area contributed by atoms with Crippen molar-refractivity contribution in [3.8, 4) is 0 Å². The highest BCUT2D eigenvalue weighted by Crippen LogP contribution is 2.21. The highest BCUT2D eigenvalue weighted by atomic mass is 16.4. The Kier molecular flexibility index (Phi) is 4.33. The second kappa shape index (κ2) is 5.98. The molecule has 0 saturated heterocycles. The molecule has 2 rings (SSSR count). The van der Waals surface area contributed by atoms with Crippen LogP contribution in [0, 0.1) is 5.92 Å². The Bertz CT molecular complexity index is 414. The quantitative estimate of drug-likeness (QED) is 0.786. The van der Waals surface area contributed by atoms with Crippen molar-refractivity contribution in [1.82, 2.24) is 14.8 Å². The van der Waals surface area contributed by atoms with E-state index in [1.807, 2.05) is 4.57 Å². The Morgan fingerprint density at radius 3 is 2.94 bits per heavy atom. The minimum atomic E-state index is -0.703. The first kappa shape index (κ1) is 13.1. The van der Waals surface area contributed by atoms with Crippen LogP contribution < -0.4 is 0 Å². The van der Waals surface area contributed by atoms with Crippen molar-refractivity contribution in [3.63, 3.8) is 0 Å². The largest absolute Gasteiger partial charge is 0.481 e. The molecule has 0 fully saturated rings. The van der Waals surface area contributed by atoms with Gasteiger partial charge in [0.1, 0.15) is 11.6 Å². The standard InChI is InChI=1S/C13H21N3O2/c1-2-3-4-5-6-11-14-15-12-8-7-10(13(17)18)9-16(11)12/h10H,2-9H2,1H3,(H,17,18). The molecule has 1 aromatic rings. The molecule has 1 aliphatic heterocycles. The van der Waals surface area contributed by atoms with E-state index in [1.54, 1.807) is 0 Å². The molecule has 0 bridgehead atoms. The number of aliphatic carboxylic acids is 1. The number of carboxylic acid groups (broad SMARTS) is 1. The number of hydrogen-bond donors (Lipinski definition) is 1. The zero-order valence-corrected chi connectivity index (χ0v) is 10.9. The fourth-order valence-corrected chi connectivity index (χ4v) is 2.48. The van der Waals surface area contributed by atoms with E-state index < -0.39 is 5.97 Å². The SMILES string of the molecule is CCCCCCc1nnc2n1CC(C(=O)O)CC2. The van der Waals surface area contributed by atoms with Crippen molar-refractivity contribution < 1.29 is 9.90 Å². The Hall–Kier alpha value is -1.39. The predicted octanol–water partition coefficient (Wildman–Crippen LogP) is 2.05. The lowest BCUT2D eigenvalue weighted by atomic mass is 9.99. The van der Waals surface area contributed by atoms with Gasteiger partial charge in [0.05, 0.1) is 5.92 Å². The smallest absolute Gasteiger partial charge is 0.308 e. The van der Waals surface area contributed by atoms with E-state index in [9.17, 15) is 4.79 Å². The zero-order valence-electron chi connectivity index (χ0n) is 10.9. The minimum absolute atomic E-state index is 0.275. The van der Waals surface area contributed by atoms with Crippen LogP contribution in [0.15, 0.2) is 0 Å². The lowest BCUT2D eigenvalue weighted by molar-refractivity contribution is -0.142. The first-order valence-corrected chi connectivity index (χ1v) is 6.86. The van der Waals surface area contributed by atoms with Gasteiger partial charge in [-0.15, -0.1) is 10.2 Å². The number of rotatable bonds is 6. The molecule has 1 N–H and O–H groups in total. The summed E-state index contributed by atoms with van der Waals surface area (Å²) < 4.78 is 2.02. The summed E-state index contributed by atoms with van der Waals surface area (Å²) in [6, 6.07) is 0. The number of carboxylic acids is 1. The zero-order chi connectivity index (χ0) is 13.0. The fourth-order valence-electron chi connectivity index (χ4n) is 2.48. The Balaban J connectivity index is 1.97. The van der Waals surface area contributed by atoms with Crippen LogP contribution in [0.4, 0.5) is 0 Å². The van der Waals surface area contributed by atoms with E-state index in [1.165, 1.54) is 19.3 Å². The lowest BCUT2D eigenvalue weighted by Crippen LogP contribution is -2.27. The van der Waals surface area contributed by atoms with Gasteiger partial charge in [0.2, 0.25) is 0 Å². The number of unbranched alkanes of at least 4 members (excludes halogenated alkanes) is 3. The number of nitrogens with zero attached hydrogens (tertiary/aromatic N) is 3. The molecule has 5 nitrogen and oxygen atoms in total. The summed E-state index contributed by atoms with van der Waals surface area (Å²) in [7, 11) is 0. The second-order valence-electron chi connectivity index (χ2n) is 5.03. The molecule has 0 spiro atoms. The van der Waals surface area contributed by atoms with Gasteiger partial charge in [0, 0.05) is 19.4 Å². The van der Waals surface area contributed by atoms with Crippen molar-refractivity contribution >= 4 is 5.97 Å². The van der Waals surface area contributed by atoms with Crippen LogP contribution in [0.2, 0.25) is 0 Å². The van der Waals surface area contributed by atoms with Crippen LogP contribution in [0.3, 0.4) is 0 Å². The molecular formula is C13H21N3O2. The molecule has 0 saturated carbocycles. The molecule has 18 heavy (non-hydrogen) atoms. The van der Waals surface area contributed by atoms with Crippen molar-refractivity contribution in [2.75, 3.05) is 0 Å². The number of hydrogen-bond acceptors (Lipinski definition) is 3. The van der Waals surface area contributed by atoms with Crippen LogP contribution >= 0.6 is 0 Å². The van der Waals surface area contributed by atoms with Gasteiger partial charge in [-0.25, -0.2) is 0 Å². The van der Waals surface area contributed by atoms with Gasteiger partial charge in [-0.05, 0) is 12.8 Å². The van der Waals surface area contributed by atoms with Crippen molar-refractivity contribution in [2.24, 2.45) is 5.92 Å². The van der Waals surface area contributed by atoms with Gasteiger partial charge in [0.15, 0.2) is 0 Å². The highest BCUT2D eigenvalue weighted by molar-refractivity contribution is 5.70. The Labute approximate surface area is 107 Å². The topological polar surface area (TPSA) is 68.0 Å². The van der Waals surface area contributed by atoms with E-state index in [2.05, 4.69) is 17.1 Å². The third-order valence-corrected chi connectivity index (χ3v) is 3.63. The first-order valence-electron chi connectivity index (χ1n) is 6.86. The molecule has 2 heterocycles. The number of aryl methyl sites for hydroxylation is 2. The van der Waals surface area contributed by atoms with Gasteiger partial charge >= 0.3 is 5.97 Å². The van der Waals surface area contributed by atoms with E-state index in [-0.39, 0.29) is 5.92 Å². The third kappa shape index (κ3) is 2.89. The van der Waals surface area contributed by atoms with Gasteiger partial charge in [-0.1, -0.05) is 26.2 Å². The maximum Gasteiger partial charge on any atom is 0.308 e. The minimum Gasteiger partial charge on any atom is -0.481 e. The summed E-state index contributed by atoms with van der Waals surface area (Å²) in [4.78, 5) is 11.0. The van der Waals surface area contributed by atoms with Gasteiger partial charge in [-0.3, -0.25) is 4.79 Å². The maximum absolute atomic E-state index is 11.0. The summed E-state index contributed by atoms with van der Waals surface area (Å²) in [5.74, 6) is 0.944. The monoisotopic (exact) mass is 251 g/mol. The number of fused-ring (bicyclic) bond motifs is 1. The molecule has 0 aromatic carbocycles. The predicted molar refractivity (Wildman–Crippen MR) is 67.3 cm³/mol. The molecule has 0 radical (unpaired) electrons. The summed E-state index contributed by atoms with van der Waals surface area (Å²) in [6.07, 6.45) is 7.13. The molecular weight excluding hydrogens is 230 g/mol. The lowest BCUT2D eigenvalue weighted by Gasteiger charge is -2.21. The van der Waals surface area contributed by atoms with Crippen molar-refractivity contribution in [2.45, 2.75) is 58.4 Å². The molecule has 0 amide bonds. The second-order valence-corrected chi connectivity index (χ2v) is 5.03. The Morgan fingerprint density at radius 2 is 2.22 bits per heavy atom. The molecule has 0 aliphatic carbocycles. The van der Waals surface area contributed by atoms with Crippen LogP contribution in [-0.2, 0) is 24.2 Å². The molecule has 1 atom stereocenters. The van der Waals surface area contributed by atoms with Crippen LogP contribution in [0.25, 0.3) is 0 Å². The highest BCUT2D eigenvalue weighted by Gasteiger charge is 2.26. The molecule has 1 aliphatic rings. The van der Waals surface area contributed by atoms with Crippen molar-refractivity contribution in [3.05, 3.63) is 11.6 Å². The van der Waals surface area contributed by atoms with Crippen molar-refractivity contribution in [1.29, 1.82) is 0 Å². The normalized spacial score (nSPS) is 18.6. The van der Waals surface area contributed by atoms with Gasteiger partial charge in [0.25, 0.3) is 0 Å². The summed E-state index contributed by atoms with van der Waals surface area (Å²) in [5.41, 5.74) is 0. The summed E-state index contributed by atoms with van der Waals surface area (Å²) in [5, 5.41) is 17.5. The Morgan fingerprint density at radius 1 is 1.39 bits per heavy atom. The average molecular weight is 251 g/mol. The van der Waals surface area contributed by atoms with E-state index in [4.69, 9.17) is 5.11 Å². The van der Waals surface area contributed by atoms with Gasteiger partial charge < -0.3 is 9.67 Å². The maximum atomic E-state index is 11.0. The average Bonchev–Trinajstić information content (AvgIpc) is 2.77. The van der Waals surface area contributed by atoms with Crippen LogP contribution in [-0.4, -0.2) is 25.8 Å². The fraction of sp³-hybridized carbons (Fsp3) is 0.769. The van der Waals surface area contributed by atoms with Crippen LogP contribution in [0.1, 0.15) is 50.7 Å². The first-order chi connectivity index (χ1) is 8.72. The number of aromatic nitrogens is 3. The number of carbonyl (C=O) groups is 1. The third-order valence-electron chi connectivity index (χ3n) is 3.63. The molecule has 1 aromatic heterocycles. The molecule has 1 unspecified atom stereocenters. The van der Waals surface area contributed by atoms with E-state index >= 15 is 0 Å². The molecule has 100 valence electrons. The summed E-state index contributed by atoms with van der Waals surface area (Å²) in [6.45, 7) is 2.73. The van der Waals surface area contributed by atoms with Gasteiger partial charge in [-0.2, -0.15) is 0 Å². The van der Waals surface area contributed by atoms with Crippen LogP contribution in [0.5, 0.6) is 0 Å². The molecule has 5 heteroatoms. The summed E-state index contributed by atoms with van der Waals surface area (Å²) >= 11 is 0. The van der Waals surface area contributed by atoms with E-state index in [0.717, 1.165) is 30.9 Å².